The van der Waals surface area contributed by atoms with Crippen LogP contribution in [0.1, 0.15) is 11.9 Å². The van der Waals surface area contributed by atoms with Crippen LogP contribution in [-0.4, -0.2) is 36.4 Å². The number of benzene rings is 1. The van der Waals surface area contributed by atoms with Gasteiger partial charge < -0.3 is 23.9 Å². The van der Waals surface area contributed by atoms with Crippen LogP contribution in [-0.2, 0) is 9.47 Å². The molecule has 1 fully saturated rings. The van der Waals surface area contributed by atoms with Crippen LogP contribution in [0.2, 0.25) is 0 Å². The van der Waals surface area contributed by atoms with E-state index in [-0.39, 0.29) is 5.19 Å². The summed E-state index contributed by atoms with van der Waals surface area (Å²) >= 11 is 0. The lowest BCUT2D eigenvalue weighted by atomic mass is 10.2. The Morgan fingerprint density at radius 1 is 1.13 bits per heavy atom. The molecule has 1 aliphatic rings. The van der Waals surface area contributed by atoms with E-state index in [9.17, 15) is 0 Å². The highest BCUT2D eigenvalue weighted by Crippen LogP contribution is 2.22. The maximum atomic E-state index is 9.12. The van der Waals surface area contributed by atoms with Crippen molar-refractivity contribution in [2.45, 2.75) is 6.29 Å². The van der Waals surface area contributed by atoms with Crippen LogP contribution in [0.25, 0.3) is 0 Å². The summed E-state index contributed by atoms with van der Waals surface area (Å²) in [6.07, 6.45) is -0.471. The predicted octanol–water partition coefficient (Wildman–Crippen LogP) is -1.15. The summed E-state index contributed by atoms with van der Waals surface area (Å²) in [7, 11) is -4.23. The highest BCUT2D eigenvalue weighted by atomic mass is 28.4. The second kappa shape index (κ2) is 4.01. The van der Waals surface area contributed by atoms with Crippen LogP contribution in [0.4, 0.5) is 0 Å². The molecule has 1 saturated heterocycles. The Hall–Kier alpha value is -0.763. The van der Waals surface area contributed by atoms with E-state index in [2.05, 4.69) is 0 Å². The highest BCUT2D eigenvalue weighted by Gasteiger charge is 2.31. The van der Waals surface area contributed by atoms with Crippen molar-refractivity contribution in [2.75, 3.05) is 13.2 Å². The minimum Gasteiger partial charge on any atom is -0.386 e. The van der Waals surface area contributed by atoms with Gasteiger partial charge in [0.2, 0.25) is 0 Å². The van der Waals surface area contributed by atoms with Crippen molar-refractivity contribution in [1.82, 2.24) is 0 Å². The molecule has 0 aromatic heterocycles. The second-order valence-corrected chi connectivity index (χ2v) is 5.18. The summed E-state index contributed by atoms with van der Waals surface area (Å²) in [5, 5.41) is 0.124. The number of hydrogen-bond acceptors (Lipinski definition) is 5. The zero-order valence-electron chi connectivity index (χ0n) is 7.96. The quantitative estimate of drug-likeness (QED) is 0.557. The lowest BCUT2D eigenvalue weighted by Gasteiger charge is -2.13. The summed E-state index contributed by atoms with van der Waals surface area (Å²) in [5.74, 6) is 0. The molecule has 0 unspecified atom stereocenters. The Kier molecular flexibility index (Phi) is 2.87. The Bertz CT molecular complexity index is 343. The monoisotopic (exact) mass is 228 g/mol. The first-order valence-electron chi connectivity index (χ1n) is 4.58. The molecule has 1 aromatic carbocycles. The van der Waals surface area contributed by atoms with E-state index >= 15 is 0 Å². The normalized spacial score (nSPS) is 18.3. The maximum absolute atomic E-state index is 9.12. The van der Waals surface area contributed by atoms with Crippen molar-refractivity contribution >= 4 is 14.0 Å². The molecule has 1 aromatic rings. The topological polar surface area (TPSA) is 79.2 Å². The molecule has 15 heavy (non-hydrogen) atoms. The SMILES string of the molecule is O[Si](O)(O)c1cccc(C2OCCO2)c1. The summed E-state index contributed by atoms with van der Waals surface area (Å²) in [4.78, 5) is 27.4. The van der Waals surface area contributed by atoms with Gasteiger partial charge in [-0.1, -0.05) is 18.2 Å². The number of hydrogen-bond donors (Lipinski definition) is 3. The molecule has 0 radical (unpaired) electrons. The minimum atomic E-state index is -4.23. The third-order valence-corrected chi connectivity index (χ3v) is 3.25. The number of ether oxygens (including phenoxy) is 2. The van der Waals surface area contributed by atoms with E-state index in [0.29, 0.717) is 18.8 Å². The van der Waals surface area contributed by atoms with E-state index in [0.717, 1.165) is 0 Å². The van der Waals surface area contributed by atoms with Crippen molar-refractivity contribution in [3.63, 3.8) is 0 Å². The second-order valence-electron chi connectivity index (χ2n) is 3.33. The summed E-state index contributed by atoms with van der Waals surface area (Å²) in [6.45, 7) is 1.05. The van der Waals surface area contributed by atoms with Gasteiger partial charge in [0.05, 0.1) is 13.2 Å². The first-order valence-corrected chi connectivity index (χ1v) is 6.42. The van der Waals surface area contributed by atoms with E-state index in [1.54, 1.807) is 12.1 Å². The van der Waals surface area contributed by atoms with Crippen molar-refractivity contribution < 1.29 is 23.9 Å². The molecule has 0 atom stereocenters. The average molecular weight is 228 g/mol. The van der Waals surface area contributed by atoms with Gasteiger partial charge in [0.15, 0.2) is 6.29 Å². The first-order chi connectivity index (χ1) is 7.07. The summed E-state index contributed by atoms with van der Waals surface area (Å²) in [6, 6.07) is 6.33. The van der Waals surface area contributed by atoms with Gasteiger partial charge in [0, 0.05) is 10.8 Å². The molecule has 0 saturated carbocycles. The fourth-order valence-corrected chi connectivity index (χ4v) is 2.12. The molecule has 6 heteroatoms. The van der Waals surface area contributed by atoms with Gasteiger partial charge in [-0.3, -0.25) is 0 Å². The van der Waals surface area contributed by atoms with E-state index in [4.69, 9.17) is 23.9 Å². The van der Waals surface area contributed by atoms with E-state index in [1.165, 1.54) is 12.1 Å². The standard InChI is InChI=1S/C9H12O5Si/c10-15(11,12)8-3-1-2-7(6-8)9-13-4-5-14-9/h1-3,6,9-12H,4-5H2. The van der Waals surface area contributed by atoms with Crippen LogP contribution in [0.3, 0.4) is 0 Å². The molecule has 1 aliphatic heterocycles. The van der Waals surface area contributed by atoms with E-state index in [1.807, 2.05) is 0 Å². The van der Waals surface area contributed by atoms with Crippen LogP contribution in [0.5, 0.6) is 0 Å². The smallest absolute Gasteiger partial charge is 0.386 e. The van der Waals surface area contributed by atoms with E-state index < -0.39 is 15.1 Å². The molecule has 0 bridgehead atoms. The first kappa shape index (κ1) is 10.7. The van der Waals surface area contributed by atoms with Crippen molar-refractivity contribution in [3.8, 4) is 0 Å². The predicted molar refractivity (Wildman–Crippen MR) is 53.1 cm³/mol. The van der Waals surface area contributed by atoms with Gasteiger partial charge in [-0.25, -0.2) is 0 Å². The molecule has 82 valence electrons. The molecule has 3 N–H and O–H groups in total. The molecule has 2 rings (SSSR count). The van der Waals surface area contributed by atoms with Crippen LogP contribution >= 0.6 is 0 Å². The zero-order chi connectivity index (χ0) is 10.9. The largest absolute Gasteiger partial charge is 0.529 e. The third-order valence-electron chi connectivity index (χ3n) is 2.17. The molecule has 5 nitrogen and oxygen atoms in total. The zero-order valence-corrected chi connectivity index (χ0v) is 8.96. The molecule has 1 heterocycles. The van der Waals surface area contributed by atoms with Gasteiger partial charge in [-0.15, -0.1) is 0 Å². The Balaban J connectivity index is 2.26. The maximum Gasteiger partial charge on any atom is 0.529 e. The fourth-order valence-electron chi connectivity index (χ4n) is 1.44. The van der Waals surface area contributed by atoms with Gasteiger partial charge in [-0.2, -0.15) is 0 Å². The Morgan fingerprint density at radius 3 is 2.40 bits per heavy atom. The molecular weight excluding hydrogens is 216 g/mol. The summed E-state index contributed by atoms with van der Waals surface area (Å²) < 4.78 is 10.5. The average Bonchev–Trinajstić information content (AvgIpc) is 2.69. The molecule has 0 amide bonds. The van der Waals surface area contributed by atoms with Crippen molar-refractivity contribution in [3.05, 3.63) is 29.8 Å². The lowest BCUT2D eigenvalue weighted by molar-refractivity contribution is -0.0440. The van der Waals surface area contributed by atoms with Crippen LogP contribution < -0.4 is 5.19 Å². The van der Waals surface area contributed by atoms with Gasteiger partial charge in [-0.05, 0) is 6.07 Å². The lowest BCUT2D eigenvalue weighted by Crippen LogP contribution is -2.48. The van der Waals surface area contributed by atoms with Crippen molar-refractivity contribution in [2.24, 2.45) is 0 Å². The molecule has 0 spiro atoms. The van der Waals surface area contributed by atoms with Gasteiger partial charge >= 0.3 is 8.80 Å². The van der Waals surface area contributed by atoms with Crippen LogP contribution in [0, 0.1) is 0 Å². The third kappa shape index (κ3) is 2.43. The Labute approximate surface area is 87.9 Å². The highest BCUT2D eigenvalue weighted by molar-refractivity contribution is 6.71. The van der Waals surface area contributed by atoms with Gasteiger partial charge in [0.25, 0.3) is 0 Å². The Morgan fingerprint density at radius 2 is 1.80 bits per heavy atom. The molecule has 0 aliphatic carbocycles. The fraction of sp³-hybridized carbons (Fsp3) is 0.333. The summed E-state index contributed by atoms with van der Waals surface area (Å²) in [5.41, 5.74) is 0.680. The van der Waals surface area contributed by atoms with Gasteiger partial charge in [0.1, 0.15) is 0 Å². The molecular formula is C9H12O5Si. The minimum absolute atomic E-state index is 0.124. The number of rotatable bonds is 2. The van der Waals surface area contributed by atoms with Crippen LogP contribution in [0.15, 0.2) is 24.3 Å². The van der Waals surface area contributed by atoms with Crippen molar-refractivity contribution in [1.29, 1.82) is 0 Å².